The van der Waals surface area contributed by atoms with E-state index in [0.717, 1.165) is 17.5 Å². The van der Waals surface area contributed by atoms with Crippen LogP contribution in [0.15, 0.2) is 42.7 Å². The molecule has 0 fully saturated rings. The van der Waals surface area contributed by atoms with Gasteiger partial charge in [0.05, 0.1) is 13.3 Å². The summed E-state index contributed by atoms with van der Waals surface area (Å²) in [4.78, 5) is 4.07. The molecule has 3 nitrogen and oxygen atoms in total. The van der Waals surface area contributed by atoms with E-state index in [2.05, 4.69) is 31.0 Å². The third-order valence-electron chi connectivity index (χ3n) is 3.23. The van der Waals surface area contributed by atoms with Gasteiger partial charge in [-0.15, -0.1) is 0 Å². The van der Waals surface area contributed by atoms with E-state index in [0.29, 0.717) is 11.7 Å². The van der Waals surface area contributed by atoms with Crippen LogP contribution in [0.1, 0.15) is 36.6 Å². The van der Waals surface area contributed by atoms with Crippen molar-refractivity contribution < 1.29 is 9.84 Å². The van der Waals surface area contributed by atoms with E-state index in [-0.39, 0.29) is 0 Å². The van der Waals surface area contributed by atoms with Crippen molar-refractivity contribution in [2.24, 2.45) is 5.92 Å². The van der Waals surface area contributed by atoms with Crippen LogP contribution in [-0.4, -0.2) is 17.2 Å². The number of ether oxygens (including phenoxy) is 1. The lowest BCUT2D eigenvalue weighted by atomic mass is 9.98. The summed E-state index contributed by atoms with van der Waals surface area (Å²) in [5, 5.41) is 10.4. The average Bonchev–Trinajstić information content (AvgIpc) is 2.47. The zero-order valence-electron chi connectivity index (χ0n) is 12.2. The lowest BCUT2D eigenvalue weighted by molar-refractivity contribution is 0.219. The van der Waals surface area contributed by atoms with Crippen LogP contribution in [-0.2, 0) is 6.42 Å². The van der Waals surface area contributed by atoms with Gasteiger partial charge >= 0.3 is 0 Å². The molecule has 2 rings (SSSR count). The summed E-state index contributed by atoms with van der Waals surface area (Å²) in [5.41, 5.74) is 2.90. The molecule has 20 heavy (non-hydrogen) atoms. The highest BCUT2D eigenvalue weighted by Crippen LogP contribution is 2.24. The minimum absolute atomic E-state index is 0.633. The van der Waals surface area contributed by atoms with Gasteiger partial charge in [0.2, 0.25) is 0 Å². The minimum Gasteiger partial charge on any atom is -0.495 e. The Morgan fingerprint density at radius 3 is 2.40 bits per heavy atom. The molecule has 0 aliphatic carbocycles. The van der Waals surface area contributed by atoms with Crippen molar-refractivity contribution in [2.45, 2.75) is 26.4 Å². The predicted molar refractivity (Wildman–Crippen MR) is 79.8 cm³/mol. The standard InChI is InChI=1S/C17H21NO2/c1-12(2)8-13-4-6-14(7-5-13)17(19)15-9-16(20-3)11-18-10-15/h4-7,9-12,17,19H,8H2,1-3H3. The van der Waals surface area contributed by atoms with Gasteiger partial charge in [0.25, 0.3) is 0 Å². The highest BCUT2D eigenvalue weighted by Gasteiger charge is 2.11. The molecule has 1 atom stereocenters. The third-order valence-corrected chi connectivity index (χ3v) is 3.23. The Morgan fingerprint density at radius 2 is 1.80 bits per heavy atom. The number of benzene rings is 1. The van der Waals surface area contributed by atoms with Crippen molar-refractivity contribution in [3.05, 3.63) is 59.4 Å². The maximum atomic E-state index is 10.4. The van der Waals surface area contributed by atoms with Gasteiger partial charge in [-0.05, 0) is 29.5 Å². The molecule has 1 aromatic carbocycles. The van der Waals surface area contributed by atoms with Crippen molar-refractivity contribution in [3.63, 3.8) is 0 Å². The van der Waals surface area contributed by atoms with Gasteiger partial charge < -0.3 is 9.84 Å². The normalized spacial score (nSPS) is 12.4. The van der Waals surface area contributed by atoms with Crippen LogP contribution in [0.25, 0.3) is 0 Å². The number of aliphatic hydroxyl groups is 1. The Balaban J connectivity index is 2.17. The molecule has 0 saturated carbocycles. The lowest BCUT2D eigenvalue weighted by Gasteiger charge is -2.13. The first-order valence-corrected chi connectivity index (χ1v) is 6.86. The molecule has 0 amide bonds. The Morgan fingerprint density at radius 1 is 1.10 bits per heavy atom. The first-order chi connectivity index (χ1) is 9.60. The molecule has 2 aromatic rings. The summed E-state index contributed by atoms with van der Waals surface area (Å²) >= 11 is 0. The molecular weight excluding hydrogens is 250 g/mol. The van der Waals surface area contributed by atoms with Crippen LogP contribution in [0.3, 0.4) is 0 Å². The van der Waals surface area contributed by atoms with E-state index in [1.807, 2.05) is 12.1 Å². The average molecular weight is 271 g/mol. The quantitative estimate of drug-likeness (QED) is 0.906. The molecule has 1 heterocycles. The van der Waals surface area contributed by atoms with Crippen LogP contribution >= 0.6 is 0 Å². The van der Waals surface area contributed by atoms with E-state index in [9.17, 15) is 5.11 Å². The van der Waals surface area contributed by atoms with Gasteiger partial charge in [0, 0.05) is 11.8 Å². The second-order valence-electron chi connectivity index (χ2n) is 5.40. The highest BCUT2D eigenvalue weighted by molar-refractivity contribution is 5.33. The van der Waals surface area contributed by atoms with E-state index in [4.69, 9.17) is 4.74 Å². The zero-order chi connectivity index (χ0) is 14.5. The van der Waals surface area contributed by atoms with E-state index >= 15 is 0 Å². The third kappa shape index (κ3) is 3.58. The van der Waals surface area contributed by atoms with E-state index < -0.39 is 6.10 Å². The van der Waals surface area contributed by atoms with Crippen LogP contribution in [0.4, 0.5) is 0 Å². The number of methoxy groups -OCH3 is 1. The summed E-state index contributed by atoms with van der Waals surface area (Å²) in [6.07, 6.45) is 3.67. The minimum atomic E-state index is -0.675. The number of pyridine rings is 1. The van der Waals surface area contributed by atoms with E-state index in [1.165, 1.54) is 5.56 Å². The van der Waals surface area contributed by atoms with Crippen molar-refractivity contribution in [2.75, 3.05) is 7.11 Å². The molecule has 1 aromatic heterocycles. The summed E-state index contributed by atoms with van der Waals surface area (Å²) in [5.74, 6) is 1.28. The van der Waals surface area contributed by atoms with Crippen molar-refractivity contribution in [1.82, 2.24) is 4.98 Å². The number of rotatable bonds is 5. The van der Waals surface area contributed by atoms with Gasteiger partial charge in [0.15, 0.2) is 0 Å². The van der Waals surface area contributed by atoms with Crippen molar-refractivity contribution >= 4 is 0 Å². The van der Waals surface area contributed by atoms with Gasteiger partial charge in [-0.3, -0.25) is 4.98 Å². The Hall–Kier alpha value is -1.87. The number of hydrogen-bond donors (Lipinski definition) is 1. The van der Waals surface area contributed by atoms with Gasteiger partial charge in [-0.25, -0.2) is 0 Å². The molecule has 0 spiro atoms. The molecule has 0 aliphatic heterocycles. The molecule has 1 unspecified atom stereocenters. The monoisotopic (exact) mass is 271 g/mol. The van der Waals surface area contributed by atoms with Crippen LogP contribution in [0.2, 0.25) is 0 Å². The predicted octanol–water partition coefficient (Wildman–Crippen LogP) is 3.37. The van der Waals surface area contributed by atoms with Gasteiger partial charge in [-0.1, -0.05) is 38.1 Å². The highest BCUT2D eigenvalue weighted by atomic mass is 16.5. The molecule has 0 saturated heterocycles. The topological polar surface area (TPSA) is 42.4 Å². The van der Waals surface area contributed by atoms with Gasteiger partial charge in [0.1, 0.15) is 11.9 Å². The molecule has 0 aliphatic rings. The molecule has 0 bridgehead atoms. The molecule has 0 radical (unpaired) electrons. The SMILES string of the molecule is COc1cncc(C(O)c2ccc(CC(C)C)cc2)c1. The number of aromatic nitrogens is 1. The van der Waals surface area contributed by atoms with Crippen molar-refractivity contribution in [3.8, 4) is 5.75 Å². The summed E-state index contributed by atoms with van der Waals surface area (Å²) < 4.78 is 5.13. The molecule has 3 heteroatoms. The summed E-state index contributed by atoms with van der Waals surface area (Å²) in [6, 6.07) is 9.90. The van der Waals surface area contributed by atoms with Crippen molar-refractivity contribution in [1.29, 1.82) is 0 Å². The van der Waals surface area contributed by atoms with Crippen LogP contribution in [0, 0.1) is 5.92 Å². The van der Waals surface area contributed by atoms with Crippen LogP contribution in [0.5, 0.6) is 5.75 Å². The fourth-order valence-electron chi connectivity index (χ4n) is 2.20. The first kappa shape index (κ1) is 14.5. The summed E-state index contributed by atoms with van der Waals surface area (Å²) in [6.45, 7) is 4.40. The lowest BCUT2D eigenvalue weighted by Crippen LogP contribution is -2.01. The Bertz CT molecular complexity index is 549. The summed E-state index contributed by atoms with van der Waals surface area (Å²) in [7, 11) is 1.59. The van der Waals surface area contributed by atoms with Gasteiger partial charge in [-0.2, -0.15) is 0 Å². The zero-order valence-corrected chi connectivity index (χ0v) is 12.2. The maximum Gasteiger partial charge on any atom is 0.137 e. The number of hydrogen-bond acceptors (Lipinski definition) is 3. The molecular formula is C17H21NO2. The number of nitrogens with zero attached hydrogens (tertiary/aromatic N) is 1. The second-order valence-corrected chi connectivity index (χ2v) is 5.40. The smallest absolute Gasteiger partial charge is 0.137 e. The Labute approximate surface area is 120 Å². The van der Waals surface area contributed by atoms with Crippen LogP contribution < -0.4 is 4.74 Å². The fraction of sp³-hybridized carbons (Fsp3) is 0.353. The molecule has 1 N–H and O–H groups in total. The maximum absolute atomic E-state index is 10.4. The second kappa shape index (κ2) is 6.53. The first-order valence-electron chi connectivity index (χ1n) is 6.86. The largest absolute Gasteiger partial charge is 0.495 e. The Kier molecular flexibility index (Phi) is 4.74. The fourth-order valence-corrected chi connectivity index (χ4v) is 2.20. The van der Waals surface area contributed by atoms with E-state index in [1.54, 1.807) is 25.6 Å². The molecule has 106 valence electrons. The number of aliphatic hydroxyl groups excluding tert-OH is 1.